The molecule has 0 aliphatic rings. The Balaban J connectivity index is 5.15. The maximum atomic E-state index is 12.6. The number of hydrogen-bond donors (Lipinski definition) is 8. The van der Waals surface area contributed by atoms with Gasteiger partial charge in [-0.15, -0.1) is 0 Å². The summed E-state index contributed by atoms with van der Waals surface area (Å²) >= 11 is 0. The molecule has 4 atom stereocenters. The molecular formula is C17H30N6O8. The highest BCUT2D eigenvalue weighted by atomic mass is 16.4. The fourth-order valence-corrected chi connectivity index (χ4v) is 2.35. The molecule has 0 aliphatic carbocycles. The molecule has 11 N–H and O–H groups in total. The highest BCUT2D eigenvalue weighted by Gasteiger charge is 2.31. The van der Waals surface area contributed by atoms with E-state index >= 15 is 0 Å². The van der Waals surface area contributed by atoms with Crippen LogP contribution in [-0.2, 0) is 28.8 Å². The van der Waals surface area contributed by atoms with Gasteiger partial charge in [0, 0.05) is 6.42 Å². The molecule has 5 amide bonds. The second-order valence-corrected chi connectivity index (χ2v) is 7.16. The van der Waals surface area contributed by atoms with E-state index in [1.807, 2.05) is 5.32 Å². The van der Waals surface area contributed by atoms with Crippen molar-refractivity contribution in [1.29, 1.82) is 0 Å². The van der Waals surface area contributed by atoms with E-state index in [0.29, 0.717) is 0 Å². The predicted molar refractivity (Wildman–Crippen MR) is 106 cm³/mol. The maximum absolute atomic E-state index is 12.6. The van der Waals surface area contributed by atoms with Crippen LogP contribution in [0.4, 0.5) is 0 Å². The van der Waals surface area contributed by atoms with Crippen molar-refractivity contribution in [3.63, 3.8) is 0 Å². The van der Waals surface area contributed by atoms with E-state index in [1.165, 1.54) is 0 Å². The molecule has 4 unspecified atom stereocenters. The number of rotatable bonds is 14. The minimum Gasteiger partial charge on any atom is -0.480 e. The van der Waals surface area contributed by atoms with Crippen molar-refractivity contribution in [3.8, 4) is 0 Å². The first-order valence-electron chi connectivity index (χ1n) is 9.37. The number of carbonyl (C=O) groups excluding carboxylic acids is 5. The molecule has 14 nitrogen and oxygen atoms in total. The lowest BCUT2D eigenvalue weighted by atomic mass is 10.0. The Morgan fingerprint density at radius 3 is 1.81 bits per heavy atom. The van der Waals surface area contributed by atoms with E-state index in [0.717, 1.165) is 0 Å². The van der Waals surface area contributed by atoms with Gasteiger partial charge in [0.1, 0.15) is 18.1 Å². The van der Waals surface area contributed by atoms with Crippen LogP contribution in [0.15, 0.2) is 0 Å². The normalized spacial score (nSPS) is 14.6. The number of amides is 5. The number of aliphatic hydroxyl groups is 1. The first-order chi connectivity index (χ1) is 14.3. The summed E-state index contributed by atoms with van der Waals surface area (Å²) in [5, 5.41) is 25.1. The quantitative estimate of drug-likeness (QED) is 0.128. The number of nitrogens with two attached hydrogens (primary N) is 3. The van der Waals surface area contributed by atoms with Gasteiger partial charge in [-0.05, 0) is 12.3 Å². The summed E-state index contributed by atoms with van der Waals surface area (Å²) in [4.78, 5) is 69.8. The molecule has 0 aromatic heterocycles. The Hall–Kier alpha value is -3.26. The molecule has 0 bridgehead atoms. The lowest BCUT2D eigenvalue weighted by Gasteiger charge is -2.26. The third-order valence-corrected chi connectivity index (χ3v) is 4.12. The molecular weight excluding hydrogens is 416 g/mol. The molecule has 0 heterocycles. The molecule has 0 rings (SSSR count). The third-order valence-electron chi connectivity index (χ3n) is 4.12. The number of carboxylic acid groups (broad SMARTS) is 1. The number of carbonyl (C=O) groups is 6. The van der Waals surface area contributed by atoms with Crippen molar-refractivity contribution in [2.45, 2.75) is 57.3 Å². The number of aliphatic hydroxyl groups excluding tert-OH is 1. The van der Waals surface area contributed by atoms with Crippen LogP contribution in [0, 0.1) is 5.92 Å². The summed E-state index contributed by atoms with van der Waals surface area (Å²) in [7, 11) is 0. The Kier molecular flexibility index (Phi) is 11.7. The maximum Gasteiger partial charge on any atom is 0.326 e. The van der Waals surface area contributed by atoms with Crippen molar-refractivity contribution in [2.24, 2.45) is 23.1 Å². The van der Waals surface area contributed by atoms with E-state index < -0.39 is 78.6 Å². The summed E-state index contributed by atoms with van der Waals surface area (Å²) in [6, 6.07) is -5.48. The Bertz CT molecular complexity index is 698. The van der Waals surface area contributed by atoms with E-state index in [1.54, 1.807) is 13.8 Å². The van der Waals surface area contributed by atoms with Gasteiger partial charge in [0.05, 0.1) is 19.1 Å². The van der Waals surface area contributed by atoms with Crippen molar-refractivity contribution < 1.29 is 39.0 Å². The Morgan fingerprint density at radius 1 is 0.839 bits per heavy atom. The fraction of sp³-hybridized carbons (Fsp3) is 0.647. The summed E-state index contributed by atoms with van der Waals surface area (Å²) in [6.07, 6.45) is -0.858. The minimum atomic E-state index is -1.65. The van der Waals surface area contributed by atoms with Gasteiger partial charge in [-0.3, -0.25) is 24.0 Å². The third kappa shape index (κ3) is 10.4. The van der Waals surface area contributed by atoms with Crippen molar-refractivity contribution in [1.82, 2.24) is 16.0 Å². The van der Waals surface area contributed by atoms with Gasteiger partial charge in [0.15, 0.2) is 0 Å². The Morgan fingerprint density at radius 2 is 1.39 bits per heavy atom. The first kappa shape index (κ1) is 27.7. The van der Waals surface area contributed by atoms with Gasteiger partial charge in [-0.2, -0.15) is 0 Å². The lowest BCUT2D eigenvalue weighted by Crippen LogP contribution is -2.59. The second kappa shape index (κ2) is 13.1. The van der Waals surface area contributed by atoms with E-state index in [4.69, 9.17) is 22.3 Å². The first-order valence-corrected chi connectivity index (χ1v) is 9.37. The molecule has 0 saturated carbocycles. The topological polar surface area (TPSA) is 257 Å². The van der Waals surface area contributed by atoms with Crippen LogP contribution >= 0.6 is 0 Å². The number of primary amides is 2. The van der Waals surface area contributed by atoms with Gasteiger partial charge >= 0.3 is 5.97 Å². The molecule has 0 aromatic carbocycles. The summed E-state index contributed by atoms with van der Waals surface area (Å²) in [5.41, 5.74) is 15.6. The molecule has 0 fully saturated rings. The molecule has 0 aromatic rings. The van der Waals surface area contributed by atoms with E-state index in [2.05, 4.69) is 10.6 Å². The molecule has 0 aliphatic heterocycles. The van der Waals surface area contributed by atoms with Crippen LogP contribution in [0.25, 0.3) is 0 Å². The highest BCUT2D eigenvalue weighted by molar-refractivity contribution is 5.95. The van der Waals surface area contributed by atoms with Gasteiger partial charge in [0.25, 0.3) is 0 Å². The fourth-order valence-electron chi connectivity index (χ4n) is 2.35. The zero-order valence-corrected chi connectivity index (χ0v) is 17.3. The molecule has 0 saturated heterocycles. The second-order valence-electron chi connectivity index (χ2n) is 7.16. The number of hydrogen-bond acceptors (Lipinski definition) is 8. The van der Waals surface area contributed by atoms with Crippen LogP contribution in [0.1, 0.15) is 33.1 Å². The number of nitrogens with one attached hydrogen (secondary N) is 3. The molecule has 31 heavy (non-hydrogen) atoms. The highest BCUT2D eigenvalue weighted by Crippen LogP contribution is 2.05. The average Bonchev–Trinajstić information content (AvgIpc) is 2.66. The summed E-state index contributed by atoms with van der Waals surface area (Å²) < 4.78 is 0. The zero-order valence-electron chi connectivity index (χ0n) is 17.3. The monoisotopic (exact) mass is 446 g/mol. The van der Waals surface area contributed by atoms with Crippen molar-refractivity contribution in [3.05, 3.63) is 0 Å². The van der Waals surface area contributed by atoms with Crippen LogP contribution < -0.4 is 33.2 Å². The van der Waals surface area contributed by atoms with Crippen LogP contribution in [-0.4, -0.2) is 76.5 Å². The molecule has 14 heteroatoms. The molecule has 176 valence electrons. The standard InChI is InChI=1S/C17H30N6O8/c1-7(2)13(23-14(27)8(18)3-4-11(19)25)16(29)22-10(6-24)15(28)21-9(17(30)31)5-12(20)26/h7-10,13,24H,3-6,18H2,1-2H3,(H2,19,25)(H2,20,26)(H,21,28)(H,22,29)(H,23,27)(H,30,31). The van der Waals surface area contributed by atoms with Crippen LogP contribution in [0.5, 0.6) is 0 Å². The van der Waals surface area contributed by atoms with Crippen LogP contribution in [0.3, 0.4) is 0 Å². The van der Waals surface area contributed by atoms with Gasteiger partial charge in [0.2, 0.25) is 29.5 Å². The lowest BCUT2D eigenvalue weighted by molar-refractivity contribution is -0.144. The van der Waals surface area contributed by atoms with Crippen LogP contribution in [0.2, 0.25) is 0 Å². The minimum absolute atomic E-state index is 0.0360. The SMILES string of the molecule is CC(C)C(NC(=O)C(N)CCC(N)=O)C(=O)NC(CO)C(=O)NC(CC(N)=O)C(=O)O. The van der Waals surface area contributed by atoms with E-state index in [9.17, 15) is 33.9 Å². The smallest absolute Gasteiger partial charge is 0.326 e. The van der Waals surface area contributed by atoms with E-state index in [-0.39, 0.29) is 12.8 Å². The Labute approximate surface area is 178 Å². The summed E-state index contributed by atoms with van der Waals surface area (Å²) in [6.45, 7) is 2.30. The van der Waals surface area contributed by atoms with Gasteiger partial charge in [-0.1, -0.05) is 13.8 Å². The van der Waals surface area contributed by atoms with Crippen molar-refractivity contribution >= 4 is 35.5 Å². The molecule has 0 spiro atoms. The van der Waals surface area contributed by atoms with Crippen molar-refractivity contribution in [2.75, 3.05) is 6.61 Å². The largest absolute Gasteiger partial charge is 0.480 e. The number of aliphatic carboxylic acids is 1. The zero-order chi connectivity index (χ0) is 24.3. The van der Waals surface area contributed by atoms with Gasteiger partial charge in [-0.25, -0.2) is 4.79 Å². The summed E-state index contributed by atoms with van der Waals surface area (Å²) in [5.74, 6) is -6.27. The molecule has 0 radical (unpaired) electrons. The average molecular weight is 446 g/mol. The number of carboxylic acids is 1. The van der Waals surface area contributed by atoms with Gasteiger partial charge < -0.3 is 43.4 Å². The predicted octanol–water partition coefficient (Wildman–Crippen LogP) is -4.36.